The predicted molar refractivity (Wildman–Crippen MR) is 81.4 cm³/mol. The highest BCUT2D eigenvalue weighted by atomic mass is 32.2. The average molecular weight is 363 g/mol. The molecule has 6 nitrogen and oxygen atoms in total. The number of carbonyl (C=O) groups excluding carboxylic acids is 1. The molecule has 124 valence electrons. The molecular weight excluding hydrogens is 351 g/mol. The Balaban J connectivity index is 1.72. The second-order valence-corrected chi connectivity index (χ2v) is 6.22. The Bertz CT molecular complexity index is 636. The number of hydrogen-bond acceptors (Lipinski definition) is 7. The van der Waals surface area contributed by atoms with Crippen molar-refractivity contribution in [3.63, 3.8) is 0 Å². The van der Waals surface area contributed by atoms with Crippen LogP contribution in [0.4, 0.5) is 19.0 Å². The van der Waals surface area contributed by atoms with Gasteiger partial charge in [-0.1, -0.05) is 23.1 Å². The van der Waals surface area contributed by atoms with Crippen molar-refractivity contribution in [1.82, 2.24) is 20.5 Å². The number of carbonyl (C=O) groups is 1. The van der Waals surface area contributed by atoms with Gasteiger partial charge in [-0.05, 0) is 12.1 Å². The van der Waals surface area contributed by atoms with Crippen LogP contribution >= 0.6 is 23.1 Å². The van der Waals surface area contributed by atoms with Crippen molar-refractivity contribution >= 4 is 34.8 Å². The summed E-state index contributed by atoms with van der Waals surface area (Å²) in [4.78, 5) is 15.2. The molecule has 0 bridgehead atoms. The number of pyridine rings is 1. The minimum Gasteiger partial charge on any atom is -0.368 e. The molecule has 11 heteroatoms. The molecule has 2 aromatic rings. The summed E-state index contributed by atoms with van der Waals surface area (Å²) < 4.78 is 39.0. The number of hydrogen-bond donors (Lipinski definition) is 2. The zero-order valence-corrected chi connectivity index (χ0v) is 13.3. The van der Waals surface area contributed by atoms with Crippen molar-refractivity contribution in [3.05, 3.63) is 29.4 Å². The summed E-state index contributed by atoms with van der Waals surface area (Å²) in [5.41, 5.74) is 0.730. The summed E-state index contributed by atoms with van der Waals surface area (Å²) in [5.74, 6) is -0.311. The molecule has 0 saturated heterocycles. The first-order valence-electron chi connectivity index (χ1n) is 6.38. The van der Waals surface area contributed by atoms with Crippen molar-refractivity contribution in [2.75, 3.05) is 24.2 Å². The molecule has 2 N–H and O–H groups in total. The summed E-state index contributed by atoms with van der Waals surface area (Å²) in [5, 5.41) is 12.6. The number of nitrogens with zero attached hydrogens (tertiary/aromatic N) is 3. The number of halogens is 3. The van der Waals surface area contributed by atoms with Gasteiger partial charge in [0.25, 0.3) is 0 Å². The molecule has 1 amide bonds. The number of aromatic nitrogens is 3. The molecular formula is C12H12F3N5OS2. The number of nitrogens with one attached hydrogen (secondary N) is 2. The third-order valence-corrected chi connectivity index (χ3v) is 4.38. The smallest absolute Gasteiger partial charge is 0.368 e. The summed E-state index contributed by atoms with van der Waals surface area (Å²) >= 11 is 2.57. The summed E-state index contributed by atoms with van der Waals surface area (Å²) in [7, 11) is 0. The fourth-order valence-electron chi connectivity index (χ4n) is 1.56. The number of alkyl halides is 3. The van der Waals surface area contributed by atoms with Gasteiger partial charge in [0.05, 0.1) is 11.3 Å². The molecule has 23 heavy (non-hydrogen) atoms. The number of amides is 1. The van der Waals surface area contributed by atoms with Gasteiger partial charge in [0.2, 0.25) is 5.91 Å². The van der Waals surface area contributed by atoms with Crippen molar-refractivity contribution < 1.29 is 18.0 Å². The van der Waals surface area contributed by atoms with Crippen molar-refractivity contribution in [3.8, 4) is 0 Å². The Morgan fingerprint density at radius 1 is 1.35 bits per heavy atom. The first-order valence-corrected chi connectivity index (χ1v) is 8.25. The van der Waals surface area contributed by atoms with Crippen LogP contribution in [-0.4, -0.2) is 39.9 Å². The van der Waals surface area contributed by atoms with Gasteiger partial charge in [-0.15, -0.1) is 10.2 Å². The van der Waals surface area contributed by atoms with Crippen LogP contribution in [0, 0.1) is 0 Å². The number of rotatable bonds is 7. The minimum absolute atomic E-state index is 0.134. The maximum Gasteiger partial charge on any atom is 0.419 e. The van der Waals surface area contributed by atoms with Gasteiger partial charge < -0.3 is 10.6 Å². The SMILES string of the molecule is O=C(CSc1nncs1)NCCNc1ncccc1C(F)(F)F. The fraction of sp³-hybridized carbons (Fsp3) is 0.333. The molecule has 2 heterocycles. The standard InChI is InChI=1S/C12H12F3N5OS2/c13-12(14,15)8-2-1-3-17-10(8)18-5-4-16-9(21)6-22-11-20-19-7-23-11/h1-3,7H,4-6H2,(H,16,21)(H,17,18). The molecule has 0 aliphatic heterocycles. The van der Waals surface area contributed by atoms with Crippen molar-refractivity contribution in [2.45, 2.75) is 10.5 Å². The van der Waals surface area contributed by atoms with Crippen molar-refractivity contribution in [1.29, 1.82) is 0 Å². The second kappa shape index (κ2) is 8.11. The van der Waals surface area contributed by atoms with E-state index in [4.69, 9.17) is 0 Å². The van der Waals surface area contributed by atoms with Gasteiger partial charge in [-0.25, -0.2) is 4.98 Å². The average Bonchev–Trinajstić information content (AvgIpc) is 3.02. The van der Waals surface area contributed by atoms with E-state index in [0.717, 1.165) is 6.07 Å². The van der Waals surface area contributed by atoms with E-state index >= 15 is 0 Å². The fourth-order valence-corrected chi connectivity index (χ4v) is 2.88. The van der Waals surface area contributed by atoms with Crippen LogP contribution in [0.5, 0.6) is 0 Å². The Hall–Kier alpha value is -1.88. The van der Waals surface area contributed by atoms with E-state index in [0.29, 0.717) is 4.34 Å². The van der Waals surface area contributed by atoms with Crippen LogP contribution in [0.15, 0.2) is 28.2 Å². The first kappa shape index (κ1) is 17.5. The van der Waals surface area contributed by atoms with E-state index in [-0.39, 0.29) is 30.6 Å². The Labute approximate surface area is 137 Å². The van der Waals surface area contributed by atoms with E-state index in [1.165, 1.54) is 35.4 Å². The Morgan fingerprint density at radius 3 is 2.87 bits per heavy atom. The molecule has 2 aromatic heterocycles. The third-order valence-electron chi connectivity index (χ3n) is 2.52. The Morgan fingerprint density at radius 2 is 2.17 bits per heavy atom. The monoisotopic (exact) mass is 363 g/mol. The van der Waals surface area contributed by atoms with Gasteiger partial charge in [0, 0.05) is 19.3 Å². The third kappa shape index (κ3) is 5.67. The Kier molecular flexibility index (Phi) is 6.16. The van der Waals surface area contributed by atoms with Gasteiger partial charge in [-0.3, -0.25) is 4.79 Å². The van der Waals surface area contributed by atoms with Crippen LogP contribution in [-0.2, 0) is 11.0 Å². The molecule has 2 rings (SSSR count). The quantitative estimate of drug-likeness (QED) is 0.580. The molecule has 0 spiro atoms. The highest BCUT2D eigenvalue weighted by molar-refractivity contribution is 8.01. The van der Waals surface area contributed by atoms with Gasteiger partial charge in [0.1, 0.15) is 11.3 Å². The largest absolute Gasteiger partial charge is 0.419 e. The van der Waals surface area contributed by atoms with Crippen LogP contribution in [0.25, 0.3) is 0 Å². The number of thioether (sulfide) groups is 1. The lowest BCUT2D eigenvalue weighted by Gasteiger charge is -2.13. The van der Waals surface area contributed by atoms with Crippen LogP contribution < -0.4 is 10.6 Å². The van der Waals surface area contributed by atoms with E-state index in [1.807, 2.05) is 0 Å². The van der Waals surface area contributed by atoms with Gasteiger partial charge in [0.15, 0.2) is 4.34 Å². The lowest BCUT2D eigenvalue weighted by Crippen LogP contribution is -2.30. The zero-order chi connectivity index (χ0) is 16.7. The minimum atomic E-state index is -4.47. The van der Waals surface area contributed by atoms with Crippen LogP contribution in [0.3, 0.4) is 0 Å². The lowest BCUT2D eigenvalue weighted by atomic mass is 10.2. The molecule has 0 unspecified atom stereocenters. The maximum atomic E-state index is 12.8. The molecule has 0 aliphatic rings. The normalized spacial score (nSPS) is 11.3. The molecule has 0 aromatic carbocycles. The van der Waals surface area contributed by atoms with E-state index in [1.54, 1.807) is 5.51 Å². The summed E-state index contributed by atoms with van der Waals surface area (Å²) in [6.07, 6.45) is -3.20. The zero-order valence-electron chi connectivity index (χ0n) is 11.6. The highest BCUT2D eigenvalue weighted by Crippen LogP contribution is 2.33. The predicted octanol–water partition coefficient (Wildman–Crippen LogP) is 2.27. The highest BCUT2D eigenvalue weighted by Gasteiger charge is 2.33. The van der Waals surface area contributed by atoms with E-state index in [9.17, 15) is 18.0 Å². The molecule has 0 aliphatic carbocycles. The maximum absolute atomic E-state index is 12.8. The summed E-state index contributed by atoms with van der Waals surface area (Å²) in [6, 6.07) is 2.17. The lowest BCUT2D eigenvalue weighted by molar-refractivity contribution is -0.137. The van der Waals surface area contributed by atoms with E-state index < -0.39 is 11.7 Å². The second-order valence-electron chi connectivity index (χ2n) is 4.17. The molecule has 0 radical (unpaired) electrons. The topological polar surface area (TPSA) is 79.8 Å². The number of anilines is 1. The van der Waals surface area contributed by atoms with Gasteiger partial charge >= 0.3 is 6.18 Å². The molecule has 0 saturated carbocycles. The molecule has 0 atom stereocenters. The van der Waals surface area contributed by atoms with Crippen molar-refractivity contribution in [2.24, 2.45) is 0 Å². The van der Waals surface area contributed by atoms with Crippen LogP contribution in [0.2, 0.25) is 0 Å². The molecule has 0 fully saturated rings. The van der Waals surface area contributed by atoms with Crippen LogP contribution in [0.1, 0.15) is 5.56 Å². The first-order chi connectivity index (χ1) is 11.0. The van der Waals surface area contributed by atoms with E-state index in [2.05, 4.69) is 25.8 Å². The summed E-state index contributed by atoms with van der Waals surface area (Å²) in [6.45, 7) is 0.318. The van der Waals surface area contributed by atoms with Gasteiger partial charge in [-0.2, -0.15) is 13.2 Å².